The molecule has 10 heteroatoms. The van der Waals surface area contributed by atoms with Gasteiger partial charge in [0.15, 0.2) is 6.61 Å². The van der Waals surface area contributed by atoms with Crippen molar-refractivity contribution in [3.63, 3.8) is 0 Å². The summed E-state index contributed by atoms with van der Waals surface area (Å²) < 4.78 is 4.43. The number of benzene rings is 2. The lowest BCUT2D eigenvalue weighted by Crippen LogP contribution is -2.50. The summed E-state index contributed by atoms with van der Waals surface area (Å²) in [7, 11) is 0. The van der Waals surface area contributed by atoms with Crippen molar-refractivity contribution in [2.75, 3.05) is 18.5 Å². The summed E-state index contributed by atoms with van der Waals surface area (Å²) in [5, 5.41) is 16.6. The highest BCUT2D eigenvalue weighted by molar-refractivity contribution is 5.96. The number of nitrogens with one attached hydrogen (secondary N) is 3. The fraction of sp³-hybridized carbons (Fsp3) is 0.238. The van der Waals surface area contributed by atoms with Gasteiger partial charge in [-0.1, -0.05) is 42.5 Å². The van der Waals surface area contributed by atoms with Crippen LogP contribution >= 0.6 is 0 Å². The molecule has 2 aromatic rings. The number of aliphatic hydroxyl groups excluding tert-OH is 1. The maximum atomic E-state index is 12.6. The Morgan fingerprint density at radius 2 is 1.61 bits per heavy atom. The maximum absolute atomic E-state index is 12.6. The van der Waals surface area contributed by atoms with Gasteiger partial charge in [-0.25, -0.2) is 4.79 Å². The van der Waals surface area contributed by atoms with Gasteiger partial charge in [-0.3, -0.25) is 14.4 Å². The normalized spacial score (nSPS) is 11.1. The van der Waals surface area contributed by atoms with Gasteiger partial charge in [0.25, 0.3) is 5.91 Å². The summed E-state index contributed by atoms with van der Waals surface area (Å²) in [5.41, 5.74) is 6.83. The van der Waals surface area contributed by atoms with Crippen molar-refractivity contribution in [2.24, 2.45) is 5.73 Å². The van der Waals surface area contributed by atoms with Crippen molar-refractivity contribution < 1.29 is 29.0 Å². The highest BCUT2D eigenvalue weighted by Gasteiger charge is 2.22. The second-order valence-corrected chi connectivity index (χ2v) is 6.54. The van der Waals surface area contributed by atoms with Crippen LogP contribution in [0.4, 0.5) is 10.5 Å². The quantitative estimate of drug-likeness (QED) is 0.360. The summed E-state index contributed by atoms with van der Waals surface area (Å²) >= 11 is 0. The number of carbonyl (C=O) groups excluding carboxylic acids is 4. The first kappa shape index (κ1) is 23.4. The van der Waals surface area contributed by atoms with Crippen LogP contribution in [0.2, 0.25) is 0 Å². The molecule has 31 heavy (non-hydrogen) atoms. The minimum Gasteiger partial charge on any atom is -0.440 e. The van der Waals surface area contributed by atoms with E-state index in [-0.39, 0.29) is 19.6 Å². The highest BCUT2D eigenvalue weighted by Crippen LogP contribution is 2.09. The Hall–Kier alpha value is -3.92. The van der Waals surface area contributed by atoms with Gasteiger partial charge in [0.05, 0.1) is 13.2 Å². The number of hydrogen-bond acceptors (Lipinski definition) is 6. The molecular weight excluding hydrogens is 404 g/mol. The molecule has 2 aromatic carbocycles. The summed E-state index contributed by atoms with van der Waals surface area (Å²) in [6.45, 7) is -1.05. The Bertz CT molecular complexity index is 902. The van der Waals surface area contributed by atoms with E-state index in [1.165, 1.54) is 0 Å². The molecule has 0 saturated heterocycles. The summed E-state index contributed by atoms with van der Waals surface area (Å²) in [5.74, 6) is -1.75. The molecule has 0 bridgehead atoms. The molecule has 0 aromatic heterocycles. The van der Waals surface area contributed by atoms with Crippen LogP contribution in [-0.2, 0) is 32.1 Å². The molecule has 6 N–H and O–H groups in total. The molecule has 0 saturated carbocycles. The van der Waals surface area contributed by atoms with Crippen molar-refractivity contribution in [1.29, 1.82) is 0 Å². The topological polar surface area (TPSA) is 160 Å². The molecule has 0 aliphatic heterocycles. The van der Waals surface area contributed by atoms with Crippen LogP contribution in [0.5, 0.6) is 0 Å². The Morgan fingerprint density at radius 1 is 0.935 bits per heavy atom. The molecule has 0 aliphatic rings. The third-order valence-corrected chi connectivity index (χ3v) is 4.12. The molecule has 1 unspecified atom stereocenters. The number of carbonyl (C=O) groups is 4. The van der Waals surface area contributed by atoms with Crippen molar-refractivity contribution in [1.82, 2.24) is 10.6 Å². The van der Waals surface area contributed by atoms with E-state index in [0.29, 0.717) is 11.3 Å². The summed E-state index contributed by atoms with van der Waals surface area (Å²) in [6, 6.07) is 14.5. The first-order valence-corrected chi connectivity index (χ1v) is 9.40. The number of nitrogens with two attached hydrogens (primary N) is 1. The first-order valence-electron chi connectivity index (χ1n) is 9.40. The molecule has 4 amide bonds. The zero-order valence-corrected chi connectivity index (χ0v) is 16.7. The molecular formula is C21H24N4O6. The lowest BCUT2D eigenvalue weighted by Gasteiger charge is -2.18. The Morgan fingerprint density at radius 3 is 2.23 bits per heavy atom. The third kappa shape index (κ3) is 8.54. The monoisotopic (exact) mass is 428 g/mol. The van der Waals surface area contributed by atoms with E-state index >= 15 is 0 Å². The maximum Gasteiger partial charge on any atom is 0.405 e. The van der Waals surface area contributed by atoms with Crippen LogP contribution in [0.15, 0.2) is 54.6 Å². The lowest BCUT2D eigenvalue weighted by molar-refractivity contribution is -0.131. The fourth-order valence-corrected chi connectivity index (χ4v) is 2.62. The molecule has 0 radical (unpaired) electrons. The predicted octanol–water partition coefficient (Wildman–Crippen LogP) is 0.0564. The van der Waals surface area contributed by atoms with E-state index in [4.69, 9.17) is 10.8 Å². The van der Waals surface area contributed by atoms with Crippen molar-refractivity contribution >= 4 is 29.5 Å². The van der Waals surface area contributed by atoms with Gasteiger partial charge in [0.1, 0.15) is 6.04 Å². The van der Waals surface area contributed by atoms with Crippen LogP contribution in [0.3, 0.4) is 0 Å². The number of hydrogen-bond donors (Lipinski definition) is 5. The first-order chi connectivity index (χ1) is 14.9. The average Bonchev–Trinajstić information content (AvgIpc) is 2.77. The standard InChI is InChI=1S/C21H24N4O6/c22-21(30)31-13-19(28)25-17(10-14-4-2-1-3-5-14)20(29)23-11-18(27)24-16-8-6-15(12-26)7-9-16/h1-9,17,26H,10-13H2,(H2,22,30)(H,23,29)(H,24,27)(H,25,28). The summed E-state index contributed by atoms with van der Waals surface area (Å²) in [4.78, 5) is 47.3. The molecule has 0 spiro atoms. The van der Waals surface area contributed by atoms with Gasteiger partial charge in [-0.2, -0.15) is 0 Å². The van der Waals surface area contributed by atoms with E-state index in [1.807, 2.05) is 6.07 Å². The molecule has 10 nitrogen and oxygen atoms in total. The third-order valence-electron chi connectivity index (χ3n) is 4.12. The summed E-state index contributed by atoms with van der Waals surface area (Å²) in [6.07, 6.45) is -0.943. The molecule has 1 atom stereocenters. The van der Waals surface area contributed by atoms with Gasteiger partial charge in [0, 0.05) is 12.1 Å². The minimum absolute atomic E-state index is 0.108. The van der Waals surface area contributed by atoms with Crippen molar-refractivity contribution in [2.45, 2.75) is 19.1 Å². The Kier molecular flexibility index (Phi) is 8.99. The van der Waals surface area contributed by atoms with Crippen LogP contribution in [0.25, 0.3) is 0 Å². The Labute approximate surface area is 178 Å². The highest BCUT2D eigenvalue weighted by atomic mass is 16.5. The van der Waals surface area contributed by atoms with Crippen LogP contribution in [0.1, 0.15) is 11.1 Å². The average molecular weight is 428 g/mol. The number of primary amides is 1. The SMILES string of the molecule is NC(=O)OCC(=O)NC(Cc1ccccc1)C(=O)NCC(=O)Nc1ccc(CO)cc1. The Balaban J connectivity index is 1.94. The van der Waals surface area contributed by atoms with Gasteiger partial charge in [-0.15, -0.1) is 0 Å². The zero-order valence-electron chi connectivity index (χ0n) is 16.7. The minimum atomic E-state index is -1.11. The second-order valence-electron chi connectivity index (χ2n) is 6.54. The van der Waals surface area contributed by atoms with E-state index in [9.17, 15) is 19.2 Å². The van der Waals surface area contributed by atoms with E-state index in [2.05, 4.69) is 20.7 Å². The van der Waals surface area contributed by atoms with Gasteiger partial charge in [0.2, 0.25) is 11.8 Å². The molecule has 0 aliphatic carbocycles. The molecule has 2 rings (SSSR count). The van der Waals surface area contributed by atoms with Gasteiger partial charge >= 0.3 is 6.09 Å². The van der Waals surface area contributed by atoms with Crippen LogP contribution < -0.4 is 21.7 Å². The van der Waals surface area contributed by atoms with Crippen LogP contribution in [0, 0.1) is 0 Å². The smallest absolute Gasteiger partial charge is 0.405 e. The number of ether oxygens (including phenoxy) is 1. The molecule has 164 valence electrons. The van der Waals surface area contributed by atoms with Gasteiger partial charge < -0.3 is 31.5 Å². The largest absolute Gasteiger partial charge is 0.440 e. The fourth-order valence-electron chi connectivity index (χ4n) is 2.62. The van der Waals surface area contributed by atoms with E-state index in [0.717, 1.165) is 5.56 Å². The number of aliphatic hydroxyl groups is 1. The number of anilines is 1. The zero-order chi connectivity index (χ0) is 22.6. The molecule has 0 heterocycles. The number of amides is 4. The van der Waals surface area contributed by atoms with E-state index in [1.54, 1.807) is 48.5 Å². The second kappa shape index (κ2) is 11.9. The van der Waals surface area contributed by atoms with Crippen LogP contribution in [-0.4, -0.2) is 48.1 Å². The van der Waals surface area contributed by atoms with Crippen molar-refractivity contribution in [3.05, 3.63) is 65.7 Å². The van der Waals surface area contributed by atoms with Crippen molar-refractivity contribution in [3.8, 4) is 0 Å². The number of rotatable bonds is 10. The predicted molar refractivity (Wildman–Crippen MR) is 112 cm³/mol. The van der Waals surface area contributed by atoms with E-state index < -0.39 is 36.5 Å². The lowest BCUT2D eigenvalue weighted by atomic mass is 10.1. The van der Waals surface area contributed by atoms with Gasteiger partial charge in [-0.05, 0) is 23.3 Å². The molecule has 0 fully saturated rings.